The van der Waals surface area contributed by atoms with E-state index in [0.717, 1.165) is 30.1 Å². The second-order valence-electron chi connectivity index (χ2n) is 3.05. The summed E-state index contributed by atoms with van der Waals surface area (Å²) in [6.45, 7) is 2.36. The van der Waals surface area contributed by atoms with Crippen LogP contribution in [0.2, 0.25) is 0 Å². The van der Waals surface area contributed by atoms with E-state index in [2.05, 4.69) is 31.6 Å². The van der Waals surface area contributed by atoms with E-state index < -0.39 is 0 Å². The molecule has 1 N–H and O–H groups in total. The van der Waals surface area contributed by atoms with Crippen molar-refractivity contribution in [1.29, 1.82) is 0 Å². The van der Waals surface area contributed by atoms with Gasteiger partial charge < -0.3 is 9.73 Å². The molecule has 0 unspecified atom stereocenters. The molecule has 2 heterocycles. The number of halogens is 1. The minimum atomic E-state index is 0.723. The fourth-order valence-corrected chi connectivity index (χ4v) is 1.54. The van der Waals surface area contributed by atoms with Crippen molar-refractivity contribution in [2.75, 3.05) is 6.54 Å². The van der Waals surface area contributed by atoms with Crippen molar-refractivity contribution < 1.29 is 4.42 Å². The van der Waals surface area contributed by atoms with Crippen LogP contribution in [0.1, 0.15) is 5.76 Å². The van der Waals surface area contributed by atoms with Gasteiger partial charge in [0.1, 0.15) is 5.76 Å². The first-order chi connectivity index (χ1) is 7.34. The number of nitrogens with one attached hydrogen (secondary N) is 1. The molecule has 0 fully saturated rings. The van der Waals surface area contributed by atoms with Crippen LogP contribution in [0.15, 0.2) is 33.6 Å². The molecule has 0 saturated heterocycles. The maximum Gasteiger partial charge on any atom is 0.169 e. The van der Waals surface area contributed by atoms with Crippen molar-refractivity contribution in [1.82, 2.24) is 20.3 Å². The van der Waals surface area contributed by atoms with E-state index in [-0.39, 0.29) is 0 Å². The molecular weight excluding hydrogens is 260 g/mol. The number of rotatable bonds is 5. The van der Waals surface area contributed by atoms with E-state index in [9.17, 15) is 0 Å². The van der Waals surface area contributed by atoms with Gasteiger partial charge in [-0.2, -0.15) is 0 Å². The Morgan fingerprint density at radius 1 is 1.47 bits per heavy atom. The Kier molecular flexibility index (Phi) is 3.52. The monoisotopic (exact) mass is 270 g/mol. The maximum atomic E-state index is 5.34. The molecule has 2 aromatic rings. The lowest BCUT2D eigenvalue weighted by Gasteiger charge is -2.01. The lowest BCUT2D eigenvalue weighted by molar-refractivity contribution is 0.454. The molecule has 6 heteroatoms. The van der Waals surface area contributed by atoms with Crippen molar-refractivity contribution in [3.8, 4) is 0 Å². The topological polar surface area (TPSA) is 55.9 Å². The first-order valence-corrected chi connectivity index (χ1v) is 5.43. The molecule has 0 amide bonds. The van der Waals surface area contributed by atoms with Gasteiger partial charge in [0.2, 0.25) is 0 Å². The SMILES string of the molecule is Brc1ccc(CNCCn2ccnn2)o1. The molecule has 0 aliphatic rings. The predicted molar refractivity (Wildman–Crippen MR) is 58.1 cm³/mol. The van der Waals surface area contributed by atoms with Gasteiger partial charge in [0.05, 0.1) is 19.3 Å². The van der Waals surface area contributed by atoms with Gasteiger partial charge in [-0.05, 0) is 28.1 Å². The highest BCUT2D eigenvalue weighted by atomic mass is 79.9. The van der Waals surface area contributed by atoms with Crippen LogP contribution in [0.3, 0.4) is 0 Å². The third-order valence-electron chi connectivity index (χ3n) is 1.92. The Morgan fingerprint density at radius 3 is 3.07 bits per heavy atom. The molecule has 0 bridgehead atoms. The van der Waals surface area contributed by atoms with Crippen LogP contribution < -0.4 is 5.32 Å². The molecule has 80 valence electrons. The van der Waals surface area contributed by atoms with Gasteiger partial charge in [-0.1, -0.05) is 5.21 Å². The number of hydrogen-bond acceptors (Lipinski definition) is 4. The highest BCUT2D eigenvalue weighted by Gasteiger charge is 1.98. The predicted octanol–water partition coefficient (Wildman–Crippen LogP) is 1.42. The highest BCUT2D eigenvalue weighted by molar-refractivity contribution is 9.10. The molecule has 0 aliphatic carbocycles. The van der Waals surface area contributed by atoms with E-state index in [1.807, 2.05) is 18.3 Å². The number of nitrogens with zero attached hydrogens (tertiary/aromatic N) is 3. The summed E-state index contributed by atoms with van der Waals surface area (Å²) in [6.07, 6.45) is 3.51. The number of aromatic nitrogens is 3. The average Bonchev–Trinajstić information content (AvgIpc) is 2.84. The van der Waals surface area contributed by atoms with Crippen molar-refractivity contribution in [3.63, 3.8) is 0 Å². The third kappa shape index (κ3) is 3.17. The molecular formula is C9H11BrN4O. The minimum Gasteiger partial charge on any atom is -0.453 e. The average molecular weight is 271 g/mol. The molecule has 0 atom stereocenters. The normalized spacial score (nSPS) is 10.7. The van der Waals surface area contributed by atoms with Crippen LogP contribution in [-0.2, 0) is 13.1 Å². The molecule has 0 saturated carbocycles. The van der Waals surface area contributed by atoms with Gasteiger partial charge in [0.15, 0.2) is 4.67 Å². The van der Waals surface area contributed by atoms with Crippen molar-refractivity contribution in [2.45, 2.75) is 13.1 Å². The Hall–Kier alpha value is -1.14. The van der Waals surface area contributed by atoms with E-state index in [1.54, 1.807) is 10.9 Å². The molecule has 2 rings (SSSR count). The zero-order chi connectivity index (χ0) is 10.5. The summed E-state index contributed by atoms with van der Waals surface area (Å²) < 4.78 is 7.88. The summed E-state index contributed by atoms with van der Waals surface area (Å²) in [5.41, 5.74) is 0. The third-order valence-corrected chi connectivity index (χ3v) is 2.34. The standard InChI is InChI=1S/C9H11BrN4O/c10-9-2-1-8(15-9)7-11-3-5-14-6-4-12-13-14/h1-2,4,6,11H,3,5,7H2. The maximum absolute atomic E-state index is 5.34. The van der Waals surface area contributed by atoms with Crippen LogP contribution in [0, 0.1) is 0 Å². The van der Waals surface area contributed by atoms with Gasteiger partial charge in [-0.25, -0.2) is 0 Å². The first-order valence-electron chi connectivity index (χ1n) is 4.63. The smallest absolute Gasteiger partial charge is 0.169 e. The van der Waals surface area contributed by atoms with Gasteiger partial charge in [-0.3, -0.25) is 4.68 Å². The lowest BCUT2D eigenvalue weighted by Crippen LogP contribution is -2.19. The van der Waals surface area contributed by atoms with Crippen LogP contribution in [0.5, 0.6) is 0 Å². The Labute approximate surface area is 95.6 Å². The summed E-state index contributed by atoms with van der Waals surface area (Å²) in [5, 5.41) is 10.8. The van der Waals surface area contributed by atoms with E-state index in [4.69, 9.17) is 4.42 Å². The van der Waals surface area contributed by atoms with Crippen molar-refractivity contribution in [2.24, 2.45) is 0 Å². The molecule has 0 radical (unpaired) electrons. The lowest BCUT2D eigenvalue weighted by atomic mass is 10.4. The van der Waals surface area contributed by atoms with Gasteiger partial charge in [0, 0.05) is 12.7 Å². The van der Waals surface area contributed by atoms with Gasteiger partial charge in [-0.15, -0.1) is 5.10 Å². The summed E-state index contributed by atoms with van der Waals surface area (Å²) in [4.78, 5) is 0. The molecule has 0 aromatic carbocycles. The van der Waals surface area contributed by atoms with Crippen LogP contribution >= 0.6 is 15.9 Å². The minimum absolute atomic E-state index is 0.723. The molecule has 2 aromatic heterocycles. The Balaban J connectivity index is 1.67. The number of hydrogen-bond donors (Lipinski definition) is 1. The number of furan rings is 1. The van der Waals surface area contributed by atoms with E-state index >= 15 is 0 Å². The largest absolute Gasteiger partial charge is 0.453 e. The van der Waals surface area contributed by atoms with Crippen molar-refractivity contribution >= 4 is 15.9 Å². The van der Waals surface area contributed by atoms with Crippen LogP contribution in [-0.4, -0.2) is 21.5 Å². The summed E-state index contributed by atoms with van der Waals surface area (Å²) in [7, 11) is 0. The summed E-state index contributed by atoms with van der Waals surface area (Å²) >= 11 is 3.26. The first kappa shape index (κ1) is 10.4. The van der Waals surface area contributed by atoms with Gasteiger partial charge >= 0.3 is 0 Å². The fourth-order valence-electron chi connectivity index (χ4n) is 1.20. The molecule has 0 spiro atoms. The molecule has 5 nitrogen and oxygen atoms in total. The summed E-state index contributed by atoms with van der Waals surface area (Å²) in [5.74, 6) is 0.917. The Bertz CT molecular complexity index is 398. The Morgan fingerprint density at radius 2 is 2.40 bits per heavy atom. The van der Waals surface area contributed by atoms with Crippen molar-refractivity contribution in [3.05, 3.63) is 35.0 Å². The second-order valence-corrected chi connectivity index (χ2v) is 3.83. The van der Waals surface area contributed by atoms with E-state index in [1.165, 1.54) is 0 Å². The zero-order valence-electron chi connectivity index (χ0n) is 8.06. The fraction of sp³-hybridized carbons (Fsp3) is 0.333. The van der Waals surface area contributed by atoms with Crippen LogP contribution in [0.4, 0.5) is 0 Å². The van der Waals surface area contributed by atoms with Gasteiger partial charge in [0.25, 0.3) is 0 Å². The molecule has 15 heavy (non-hydrogen) atoms. The highest BCUT2D eigenvalue weighted by Crippen LogP contribution is 2.13. The quantitative estimate of drug-likeness (QED) is 0.836. The second kappa shape index (κ2) is 5.09. The summed E-state index contributed by atoms with van der Waals surface area (Å²) in [6, 6.07) is 3.82. The zero-order valence-corrected chi connectivity index (χ0v) is 9.64. The molecule has 0 aliphatic heterocycles. The van der Waals surface area contributed by atoms with Crippen LogP contribution in [0.25, 0.3) is 0 Å². The van der Waals surface area contributed by atoms with E-state index in [0.29, 0.717) is 0 Å².